The lowest BCUT2D eigenvalue weighted by atomic mass is 9.83. The summed E-state index contributed by atoms with van der Waals surface area (Å²) in [5.41, 5.74) is 2.08. The molecule has 0 unspecified atom stereocenters. The lowest BCUT2D eigenvalue weighted by Crippen LogP contribution is -2.37. The number of hydrogen-bond donors (Lipinski definition) is 0. The van der Waals surface area contributed by atoms with E-state index in [4.69, 9.17) is 5.26 Å². The van der Waals surface area contributed by atoms with E-state index in [0.717, 1.165) is 37.2 Å². The summed E-state index contributed by atoms with van der Waals surface area (Å²) in [7, 11) is 0. The van der Waals surface area contributed by atoms with Gasteiger partial charge in [0.15, 0.2) is 0 Å². The fraction of sp³-hybridized carbons (Fsp3) is 0.478. The average molecular weight is 361 g/mol. The number of likely N-dealkylation sites (tertiary alicyclic amines) is 1. The van der Waals surface area contributed by atoms with Crippen LogP contribution in [0.2, 0.25) is 0 Å². The molecular weight excluding hydrogens is 332 g/mol. The van der Waals surface area contributed by atoms with Crippen molar-refractivity contribution in [3.63, 3.8) is 0 Å². The second kappa shape index (κ2) is 8.54. The number of nitriles is 1. The number of rotatable bonds is 5. The highest BCUT2D eigenvalue weighted by molar-refractivity contribution is 5.42. The summed E-state index contributed by atoms with van der Waals surface area (Å²) in [5.74, 6) is 2.66. The molecule has 2 aliphatic heterocycles. The van der Waals surface area contributed by atoms with Crippen molar-refractivity contribution in [1.29, 1.82) is 5.26 Å². The summed E-state index contributed by atoms with van der Waals surface area (Å²) in [4.78, 5) is 9.51. The molecule has 0 spiro atoms. The van der Waals surface area contributed by atoms with Crippen molar-refractivity contribution in [2.24, 2.45) is 11.8 Å². The molecule has 0 amide bonds. The van der Waals surface area contributed by atoms with Crippen molar-refractivity contribution in [2.75, 3.05) is 37.6 Å². The molecule has 3 heterocycles. The number of pyridine rings is 1. The Balaban J connectivity index is 1.23. The fourth-order valence-corrected chi connectivity index (χ4v) is 4.60. The highest BCUT2D eigenvalue weighted by Gasteiger charge is 2.32. The lowest BCUT2D eigenvalue weighted by Gasteiger charge is -2.35. The summed E-state index contributed by atoms with van der Waals surface area (Å²) < 4.78 is 0. The predicted octanol–water partition coefficient (Wildman–Crippen LogP) is 3.73. The Kier molecular flexibility index (Phi) is 5.69. The van der Waals surface area contributed by atoms with Crippen LogP contribution in [-0.4, -0.2) is 42.6 Å². The molecule has 2 saturated heterocycles. The second-order valence-corrected chi connectivity index (χ2v) is 7.93. The van der Waals surface area contributed by atoms with Crippen molar-refractivity contribution >= 4 is 5.82 Å². The molecule has 4 heteroatoms. The van der Waals surface area contributed by atoms with Crippen LogP contribution < -0.4 is 4.90 Å². The molecule has 140 valence electrons. The Morgan fingerprint density at radius 3 is 2.44 bits per heavy atom. The van der Waals surface area contributed by atoms with Crippen molar-refractivity contribution < 1.29 is 0 Å². The first-order valence-corrected chi connectivity index (χ1v) is 10.2. The molecule has 1 atom stereocenters. The molecule has 0 aliphatic carbocycles. The van der Waals surface area contributed by atoms with E-state index in [1.165, 1.54) is 44.5 Å². The van der Waals surface area contributed by atoms with Gasteiger partial charge >= 0.3 is 0 Å². The zero-order valence-corrected chi connectivity index (χ0v) is 15.9. The molecule has 2 fully saturated rings. The summed E-state index contributed by atoms with van der Waals surface area (Å²) in [6.07, 6.45) is 6.78. The molecule has 27 heavy (non-hydrogen) atoms. The summed E-state index contributed by atoms with van der Waals surface area (Å²) in [5, 5.41) is 8.92. The average Bonchev–Trinajstić information content (AvgIpc) is 3.24. The van der Waals surface area contributed by atoms with E-state index in [1.807, 2.05) is 12.1 Å². The molecule has 1 aromatic carbocycles. The SMILES string of the molecule is N#Cc1ccc(N2CC[C@@H](C3CCN(CCc4ccccc4)CC3)C2)nc1. The number of piperidine rings is 1. The molecule has 0 saturated carbocycles. The quantitative estimate of drug-likeness (QED) is 0.815. The van der Waals surface area contributed by atoms with Crippen LogP contribution in [0.15, 0.2) is 48.7 Å². The van der Waals surface area contributed by atoms with E-state index >= 15 is 0 Å². The Hall–Kier alpha value is -2.38. The minimum Gasteiger partial charge on any atom is -0.356 e. The monoisotopic (exact) mass is 360 g/mol. The van der Waals surface area contributed by atoms with Gasteiger partial charge in [-0.15, -0.1) is 0 Å². The fourth-order valence-electron chi connectivity index (χ4n) is 4.60. The van der Waals surface area contributed by atoms with Crippen LogP contribution in [0.1, 0.15) is 30.4 Å². The van der Waals surface area contributed by atoms with Gasteiger partial charge in [0, 0.05) is 25.8 Å². The highest BCUT2D eigenvalue weighted by Crippen LogP contribution is 2.33. The van der Waals surface area contributed by atoms with E-state index in [9.17, 15) is 0 Å². The Morgan fingerprint density at radius 2 is 1.74 bits per heavy atom. The second-order valence-electron chi connectivity index (χ2n) is 7.93. The van der Waals surface area contributed by atoms with Crippen molar-refractivity contribution in [1.82, 2.24) is 9.88 Å². The molecule has 1 aromatic heterocycles. The standard InChI is InChI=1S/C23H28N4/c24-16-20-6-7-23(25-17-20)27-15-11-22(18-27)21-9-13-26(14-10-21)12-8-19-4-2-1-3-5-19/h1-7,17,21-22H,8-15,18H2/t22-/m1/s1. The third-order valence-electron chi connectivity index (χ3n) is 6.28. The molecule has 0 radical (unpaired) electrons. The predicted molar refractivity (Wildman–Crippen MR) is 109 cm³/mol. The Bertz CT molecular complexity index is 757. The maximum absolute atomic E-state index is 8.92. The number of aromatic nitrogens is 1. The third kappa shape index (κ3) is 4.48. The normalized spacial score (nSPS) is 21.3. The summed E-state index contributed by atoms with van der Waals surface area (Å²) in [6.45, 7) is 5.88. The van der Waals surface area contributed by atoms with E-state index in [2.05, 4.69) is 51.2 Å². The van der Waals surface area contributed by atoms with Gasteiger partial charge in [-0.1, -0.05) is 30.3 Å². The smallest absolute Gasteiger partial charge is 0.128 e. The van der Waals surface area contributed by atoms with Crippen LogP contribution >= 0.6 is 0 Å². The molecular formula is C23H28N4. The molecule has 4 nitrogen and oxygen atoms in total. The van der Waals surface area contributed by atoms with E-state index in [1.54, 1.807) is 6.20 Å². The van der Waals surface area contributed by atoms with Crippen LogP contribution in [0.25, 0.3) is 0 Å². The molecule has 0 N–H and O–H groups in total. The Morgan fingerprint density at radius 1 is 0.963 bits per heavy atom. The van der Waals surface area contributed by atoms with Crippen LogP contribution in [0.3, 0.4) is 0 Å². The minimum absolute atomic E-state index is 0.636. The number of benzene rings is 1. The molecule has 2 aromatic rings. The first kappa shape index (κ1) is 18.0. The van der Waals surface area contributed by atoms with Gasteiger partial charge in [-0.3, -0.25) is 0 Å². The van der Waals surface area contributed by atoms with Crippen LogP contribution in [-0.2, 0) is 6.42 Å². The molecule has 4 rings (SSSR count). The van der Waals surface area contributed by atoms with Gasteiger partial charge in [-0.05, 0) is 68.3 Å². The maximum Gasteiger partial charge on any atom is 0.128 e. The van der Waals surface area contributed by atoms with Gasteiger partial charge in [-0.25, -0.2) is 4.98 Å². The van der Waals surface area contributed by atoms with Crippen molar-refractivity contribution in [3.05, 3.63) is 59.8 Å². The van der Waals surface area contributed by atoms with E-state index < -0.39 is 0 Å². The Labute approximate surface area is 162 Å². The number of hydrogen-bond acceptors (Lipinski definition) is 4. The summed E-state index contributed by atoms with van der Waals surface area (Å²) >= 11 is 0. The number of nitrogens with zero attached hydrogens (tertiary/aromatic N) is 4. The van der Waals surface area contributed by atoms with Gasteiger partial charge < -0.3 is 9.80 Å². The van der Waals surface area contributed by atoms with Crippen LogP contribution in [0, 0.1) is 23.2 Å². The van der Waals surface area contributed by atoms with Gasteiger partial charge in [0.1, 0.15) is 11.9 Å². The number of anilines is 1. The van der Waals surface area contributed by atoms with Gasteiger partial charge in [0.2, 0.25) is 0 Å². The maximum atomic E-state index is 8.92. The molecule has 2 aliphatic rings. The first-order valence-electron chi connectivity index (χ1n) is 10.2. The topological polar surface area (TPSA) is 43.2 Å². The van der Waals surface area contributed by atoms with Gasteiger partial charge in [-0.2, -0.15) is 5.26 Å². The van der Waals surface area contributed by atoms with Gasteiger partial charge in [0.05, 0.1) is 5.56 Å². The zero-order valence-electron chi connectivity index (χ0n) is 15.9. The minimum atomic E-state index is 0.636. The van der Waals surface area contributed by atoms with Crippen molar-refractivity contribution in [3.8, 4) is 6.07 Å². The third-order valence-corrected chi connectivity index (χ3v) is 6.28. The van der Waals surface area contributed by atoms with Gasteiger partial charge in [0.25, 0.3) is 0 Å². The summed E-state index contributed by atoms with van der Waals surface area (Å²) in [6, 6.07) is 16.8. The molecule has 0 bridgehead atoms. The largest absolute Gasteiger partial charge is 0.356 e. The van der Waals surface area contributed by atoms with E-state index in [-0.39, 0.29) is 0 Å². The lowest BCUT2D eigenvalue weighted by molar-refractivity contribution is 0.154. The van der Waals surface area contributed by atoms with Crippen LogP contribution in [0.4, 0.5) is 5.82 Å². The van der Waals surface area contributed by atoms with E-state index in [0.29, 0.717) is 5.56 Å². The highest BCUT2D eigenvalue weighted by atomic mass is 15.2. The van der Waals surface area contributed by atoms with Crippen LogP contribution in [0.5, 0.6) is 0 Å². The zero-order chi connectivity index (χ0) is 18.5. The van der Waals surface area contributed by atoms with Crippen molar-refractivity contribution in [2.45, 2.75) is 25.7 Å². The first-order chi connectivity index (χ1) is 13.3.